The number of rotatable bonds is 4. The lowest BCUT2D eigenvalue weighted by Gasteiger charge is -2.33. The molecular weight excluding hydrogens is 407 g/mol. The van der Waals surface area contributed by atoms with Gasteiger partial charge in [-0.25, -0.2) is 13.4 Å². The topological polar surface area (TPSA) is 66.7 Å². The normalized spacial score (nSPS) is 17.1. The molecule has 0 amide bonds. The maximum Gasteiger partial charge on any atom is 0.416 e. The van der Waals surface area contributed by atoms with E-state index in [0.717, 1.165) is 12.1 Å². The van der Waals surface area contributed by atoms with Gasteiger partial charge in [0.1, 0.15) is 5.52 Å². The lowest BCUT2D eigenvalue weighted by molar-refractivity contribution is -0.137. The van der Waals surface area contributed by atoms with Crippen LogP contribution in [0.5, 0.6) is 0 Å². The van der Waals surface area contributed by atoms with Gasteiger partial charge in [-0.3, -0.25) is 4.90 Å². The highest BCUT2D eigenvalue weighted by molar-refractivity contribution is 7.89. The van der Waals surface area contributed by atoms with Crippen molar-refractivity contribution in [2.24, 2.45) is 0 Å². The van der Waals surface area contributed by atoms with Crippen LogP contribution in [0, 0.1) is 0 Å². The summed E-state index contributed by atoms with van der Waals surface area (Å²) in [5.74, 6) is 0.304. The highest BCUT2D eigenvalue weighted by atomic mass is 32.2. The Hall–Kier alpha value is -2.43. The first-order valence-corrected chi connectivity index (χ1v) is 10.4. The molecule has 1 fully saturated rings. The van der Waals surface area contributed by atoms with E-state index >= 15 is 0 Å². The van der Waals surface area contributed by atoms with Crippen LogP contribution in [0.2, 0.25) is 0 Å². The minimum absolute atomic E-state index is 0.153. The molecule has 1 aromatic heterocycles. The lowest BCUT2D eigenvalue weighted by Crippen LogP contribution is -2.48. The Morgan fingerprint density at radius 3 is 2.34 bits per heavy atom. The van der Waals surface area contributed by atoms with Crippen LogP contribution in [0.3, 0.4) is 0 Å². The van der Waals surface area contributed by atoms with Crippen LogP contribution in [0.4, 0.5) is 13.2 Å². The van der Waals surface area contributed by atoms with Crippen molar-refractivity contribution in [3.8, 4) is 0 Å². The first-order valence-electron chi connectivity index (χ1n) is 8.98. The van der Waals surface area contributed by atoms with E-state index in [1.165, 1.54) is 10.4 Å². The summed E-state index contributed by atoms with van der Waals surface area (Å²) in [6.45, 7) is 1.87. The Morgan fingerprint density at radius 1 is 1.00 bits per heavy atom. The molecule has 0 atom stereocenters. The van der Waals surface area contributed by atoms with E-state index in [-0.39, 0.29) is 10.4 Å². The lowest BCUT2D eigenvalue weighted by atomic mass is 10.2. The van der Waals surface area contributed by atoms with Gasteiger partial charge in [0.2, 0.25) is 15.9 Å². The molecule has 0 bridgehead atoms. The molecule has 0 unspecified atom stereocenters. The van der Waals surface area contributed by atoms with Crippen molar-refractivity contribution < 1.29 is 26.0 Å². The van der Waals surface area contributed by atoms with Gasteiger partial charge < -0.3 is 4.42 Å². The molecule has 0 spiro atoms. The molecule has 0 aliphatic carbocycles. The quantitative estimate of drug-likeness (QED) is 0.641. The van der Waals surface area contributed by atoms with Gasteiger partial charge in [-0.15, -0.1) is 0 Å². The number of piperazine rings is 1. The smallest absolute Gasteiger partial charge is 0.416 e. The molecule has 0 N–H and O–H groups in total. The van der Waals surface area contributed by atoms with Crippen molar-refractivity contribution in [2.45, 2.75) is 17.6 Å². The van der Waals surface area contributed by atoms with E-state index in [2.05, 4.69) is 4.98 Å². The largest absolute Gasteiger partial charge is 0.439 e. The Kier molecular flexibility index (Phi) is 5.09. The summed E-state index contributed by atoms with van der Waals surface area (Å²) in [5, 5.41) is 0. The van der Waals surface area contributed by atoms with Gasteiger partial charge >= 0.3 is 6.18 Å². The van der Waals surface area contributed by atoms with E-state index < -0.39 is 21.8 Å². The van der Waals surface area contributed by atoms with Crippen LogP contribution < -0.4 is 0 Å². The van der Waals surface area contributed by atoms with Crippen LogP contribution in [-0.2, 0) is 22.7 Å². The Morgan fingerprint density at radius 2 is 1.69 bits per heavy atom. The number of aromatic nitrogens is 1. The number of halogens is 3. The molecule has 2 heterocycles. The first kappa shape index (κ1) is 19.9. The van der Waals surface area contributed by atoms with E-state index in [0.29, 0.717) is 44.2 Å². The number of hydrogen-bond donors (Lipinski definition) is 0. The third-order valence-electron chi connectivity index (χ3n) is 4.83. The average Bonchev–Trinajstić information content (AvgIpc) is 3.10. The Labute approximate surface area is 165 Å². The number of fused-ring (bicyclic) bond motifs is 1. The second-order valence-corrected chi connectivity index (χ2v) is 8.72. The molecule has 1 aliphatic rings. The average molecular weight is 425 g/mol. The summed E-state index contributed by atoms with van der Waals surface area (Å²) in [4.78, 5) is 6.38. The number of benzene rings is 2. The maximum absolute atomic E-state index is 12.8. The van der Waals surface area contributed by atoms with Crippen molar-refractivity contribution in [1.82, 2.24) is 14.2 Å². The molecule has 6 nitrogen and oxygen atoms in total. The van der Waals surface area contributed by atoms with Crippen molar-refractivity contribution in [1.29, 1.82) is 0 Å². The second kappa shape index (κ2) is 7.43. The number of alkyl halides is 3. The number of nitrogens with zero attached hydrogens (tertiary/aromatic N) is 3. The minimum Gasteiger partial charge on any atom is -0.439 e. The van der Waals surface area contributed by atoms with E-state index in [1.54, 1.807) is 30.3 Å². The summed E-state index contributed by atoms with van der Waals surface area (Å²) in [6, 6.07) is 11.4. The number of hydrogen-bond acceptors (Lipinski definition) is 5. The van der Waals surface area contributed by atoms with Gasteiger partial charge in [0.15, 0.2) is 5.58 Å². The van der Waals surface area contributed by atoms with Gasteiger partial charge in [-0.05, 0) is 30.3 Å². The fourth-order valence-corrected chi connectivity index (χ4v) is 4.72. The Balaban J connectivity index is 1.42. The van der Waals surface area contributed by atoms with Gasteiger partial charge in [0.05, 0.1) is 17.0 Å². The second-order valence-electron chi connectivity index (χ2n) is 6.78. The molecule has 4 rings (SSSR count). The zero-order valence-corrected chi connectivity index (χ0v) is 16.1. The fourth-order valence-electron chi connectivity index (χ4n) is 3.28. The van der Waals surface area contributed by atoms with E-state index in [1.807, 2.05) is 4.90 Å². The van der Waals surface area contributed by atoms with Crippen molar-refractivity contribution in [3.05, 3.63) is 60.0 Å². The molecular formula is C19H18F3N3O3S. The third kappa shape index (κ3) is 4.14. The van der Waals surface area contributed by atoms with Crippen molar-refractivity contribution in [3.63, 3.8) is 0 Å². The van der Waals surface area contributed by atoms with E-state index in [4.69, 9.17) is 4.42 Å². The van der Waals surface area contributed by atoms with Crippen LogP contribution in [-0.4, -0.2) is 48.8 Å². The summed E-state index contributed by atoms with van der Waals surface area (Å²) in [7, 11) is -3.54. The molecule has 10 heteroatoms. The zero-order valence-electron chi connectivity index (χ0n) is 15.3. The summed E-state index contributed by atoms with van der Waals surface area (Å²) < 4.78 is 70.8. The summed E-state index contributed by atoms with van der Waals surface area (Å²) >= 11 is 0. The predicted octanol–water partition coefficient (Wildman–Crippen LogP) is 3.35. The highest BCUT2D eigenvalue weighted by Crippen LogP contribution is 2.31. The number of sulfonamides is 1. The monoisotopic (exact) mass is 425 g/mol. The van der Waals surface area contributed by atoms with Gasteiger partial charge in [0.25, 0.3) is 0 Å². The summed E-state index contributed by atoms with van der Waals surface area (Å²) in [6.07, 6.45) is -4.44. The summed E-state index contributed by atoms with van der Waals surface area (Å²) in [5.41, 5.74) is -0.331. The standard InChI is InChI=1S/C19H18F3N3O3S/c20-19(21,22)14-6-7-17-16(12-14)23-18(28-17)13-24-8-10-25(11-9-24)29(26,27)15-4-2-1-3-5-15/h1-7,12H,8-11,13H2. The number of oxazole rings is 1. The van der Waals surface area contributed by atoms with Gasteiger partial charge in [-0.2, -0.15) is 17.5 Å². The molecule has 0 saturated carbocycles. The third-order valence-corrected chi connectivity index (χ3v) is 6.74. The van der Waals surface area contributed by atoms with Gasteiger partial charge in [0, 0.05) is 26.2 Å². The van der Waals surface area contributed by atoms with E-state index in [9.17, 15) is 21.6 Å². The van der Waals surface area contributed by atoms with Gasteiger partial charge in [-0.1, -0.05) is 18.2 Å². The molecule has 1 aliphatic heterocycles. The minimum atomic E-state index is -4.44. The van der Waals surface area contributed by atoms with Crippen LogP contribution >= 0.6 is 0 Å². The predicted molar refractivity (Wildman–Crippen MR) is 99.5 cm³/mol. The van der Waals surface area contributed by atoms with Crippen LogP contribution in [0.25, 0.3) is 11.1 Å². The van der Waals surface area contributed by atoms with Crippen LogP contribution in [0.1, 0.15) is 11.5 Å². The Bertz CT molecular complexity index is 1110. The first-order chi connectivity index (χ1) is 13.7. The van der Waals surface area contributed by atoms with Crippen LogP contribution in [0.15, 0.2) is 57.8 Å². The molecule has 154 valence electrons. The zero-order chi connectivity index (χ0) is 20.6. The molecule has 3 aromatic rings. The van der Waals surface area contributed by atoms with Crippen molar-refractivity contribution >= 4 is 21.1 Å². The maximum atomic E-state index is 12.8. The molecule has 0 radical (unpaired) electrons. The fraction of sp³-hybridized carbons (Fsp3) is 0.316. The molecule has 2 aromatic carbocycles. The molecule has 29 heavy (non-hydrogen) atoms. The molecule has 1 saturated heterocycles. The highest BCUT2D eigenvalue weighted by Gasteiger charge is 2.31. The van der Waals surface area contributed by atoms with Crippen molar-refractivity contribution in [2.75, 3.05) is 26.2 Å². The SMILES string of the molecule is O=S(=O)(c1ccccc1)N1CCN(Cc2nc3cc(C(F)(F)F)ccc3o2)CC1.